The zero-order valence-corrected chi connectivity index (χ0v) is 45.2. The van der Waals surface area contributed by atoms with Crippen molar-refractivity contribution in [1.82, 2.24) is 19.1 Å². The molecule has 2 unspecified atom stereocenters. The number of imidazole rings is 2. The Bertz CT molecular complexity index is 3170. The van der Waals surface area contributed by atoms with Crippen molar-refractivity contribution in [2.45, 2.75) is 127 Å². The van der Waals surface area contributed by atoms with Crippen molar-refractivity contribution in [3.63, 3.8) is 0 Å². The van der Waals surface area contributed by atoms with E-state index in [0.717, 1.165) is 71.0 Å². The normalized spacial score (nSPS) is 13.6. The third-order valence-corrected chi connectivity index (χ3v) is 13.0. The number of rotatable bonds is 12. The average molecular weight is 1130 g/mol. The molecule has 0 aliphatic heterocycles. The molecule has 0 radical (unpaired) electrons. The highest BCUT2D eigenvalue weighted by molar-refractivity contribution is 9.10. The Labute approximate surface area is 457 Å². The summed E-state index contributed by atoms with van der Waals surface area (Å²) >= 11 is 6.85. The Morgan fingerprint density at radius 1 is 0.527 bits per heavy atom. The Morgan fingerprint density at radius 3 is 1.42 bits per heavy atom. The highest BCUT2D eigenvalue weighted by atomic mass is 79.9. The number of aromatic nitrogens is 4. The van der Waals surface area contributed by atoms with E-state index >= 15 is 0 Å². The molecule has 2 atom stereocenters. The quantitative estimate of drug-likeness (QED) is 0.118. The van der Waals surface area contributed by atoms with Crippen LogP contribution in [0.25, 0.3) is 33.4 Å². The molecular weight excluding hydrogens is 1050 g/mol. The second-order valence-electron chi connectivity index (χ2n) is 19.8. The van der Waals surface area contributed by atoms with Crippen LogP contribution in [0.5, 0.6) is 17.2 Å². The van der Waals surface area contributed by atoms with Crippen molar-refractivity contribution in [3.8, 4) is 28.6 Å². The van der Waals surface area contributed by atoms with E-state index in [9.17, 15) is 0 Å². The summed E-state index contributed by atoms with van der Waals surface area (Å²) in [6.07, 6.45) is 5.53. The van der Waals surface area contributed by atoms with E-state index < -0.39 is 0 Å². The number of hydrogen-bond acceptors (Lipinski definition) is 7. The third kappa shape index (κ3) is 15.0. The lowest BCUT2D eigenvalue weighted by Gasteiger charge is -2.19. The van der Waals surface area contributed by atoms with E-state index in [-0.39, 0.29) is 46.0 Å². The summed E-state index contributed by atoms with van der Waals surface area (Å²) in [6.45, 7) is 19.0. The first-order valence-corrected chi connectivity index (χ1v) is 25.9. The fourth-order valence-electron chi connectivity index (χ4n) is 8.43. The Kier molecular flexibility index (Phi) is 20.2. The van der Waals surface area contributed by atoms with Gasteiger partial charge in [0, 0.05) is 26.0 Å². The first-order valence-electron chi connectivity index (χ1n) is 24.3. The summed E-state index contributed by atoms with van der Waals surface area (Å²) in [5.74, 6) is 3.86. The largest absolute Gasteiger partial charge is 0.491 e. The van der Waals surface area contributed by atoms with Crippen LogP contribution < -0.4 is 25.3 Å². The number of benzene rings is 7. The van der Waals surface area contributed by atoms with Crippen molar-refractivity contribution >= 4 is 71.0 Å². The average Bonchev–Trinajstić information content (AvgIpc) is 3.85. The highest BCUT2D eigenvalue weighted by Gasteiger charge is 2.39. The standard InChI is InChI=1S/C29H32N2O.C16H15BrN2O.C15H17BrN2O.3CH4/c1-19(2)32-24-13-11-23(12-14-24)31-18-30-27-16-21(8-15-28(27)31)26-17-25(26)20-6-9-22(10-7-20)29(3,4)5;1-11(2)20-14-6-4-13(5-7-14)19-10-18-15-9-12(17)3-8-16(15)19;1-10(2)19-13-6-4-12(5-7-13)18-15-8-3-11(16)9-14(15)17;;;/h6-16,18-19,25-26H,17H2,1-5H3;3-11H,1-2H3;3-10,18H,17H2,1-2H3;3*1H4. The van der Waals surface area contributed by atoms with Crippen LogP contribution in [0.2, 0.25) is 0 Å². The van der Waals surface area contributed by atoms with Gasteiger partial charge in [-0.2, -0.15) is 0 Å². The molecule has 3 N–H and O–H groups in total. The number of halogens is 2. The van der Waals surface area contributed by atoms with E-state index in [4.69, 9.17) is 24.9 Å². The summed E-state index contributed by atoms with van der Waals surface area (Å²) < 4.78 is 23.3. The van der Waals surface area contributed by atoms with Crippen molar-refractivity contribution in [3.05, 3.63) is 190 Å². The van der Waals surface area contributed by atoms with Gasteiger partial charge in [-0.25, -0.2) is 9.97 Å². The van der Waals surface area contributed by atoms with Crippen LogP contribution in [0.15, 0.2) is 173 Å². The van der Waals surface area contributed by atoms with Crippen LogP contribution in [0.3, 0.4) is 0 Å². The van der Waals surface area contributed by atoms with Gasteiger partial charge >= 0.3 is 0 Å². The Balaban J connectivity index is 0.000000212. The van der Waals surface area contributed by atoms with Crippen LogP contribution in [0.4, 0.5) is 17.1 Å². The van der Waals surface area contributed by atoms with E-state index in [0.29, 0.717) is 17.5 Å². The highest BCUT2D eigenvalue weighted by Crippen LogP contribution is 2.55. The van der Waals surface area contributed by atoms with Gasteiger partial charge in [-0.05, 0) is 203 Å². The van der Waals surface area contributed by atoms with E-state index in [1.165, 1.54) is 23.1 Å². The number of fused-ring (bicyclic) bond motifs is 2. The molecule has 11 heteroatoms. The van der Waals surface area contributed by atoms with Crippen LogP contribution in [-0.4, -0.2) is 37.4 Å². The van der Waals surface area contributed by atoms with Gasteiger partial charge in [-0.15, -0.1) is 0 Å². The Hall–Kier alpha value is -6.56. The SMILES string of the molecule is C.C.C.CC(C)Oc1ccc(-n2cnc3cc(Br)ccc32)cc1.CC(C)Oc1ccc(-n2cnc3cc(C4CC4c4ccc(C(C)(C)C)cc4)ccc32)cc1.CC(C)Oc1ccc(Nc2ccc(Br)cc2N)cc1. The van der Waals surface area contributed by atoms with Crippen LogP contribution in [0.1, 0.15) is 120 Å². The first-order chi connectivity index (χ1) is 34.0. The molecule has 1 aliphatic carbocycles. The molecule has 74 heavy (non-hydrogen) atoms. The fraction of sp³-hybridized carbons (Fsp3) is 0.302. The van der Waals surface area contributed by atoms with Crippen molar-refractivity contribution in [1.29, 1.82) is 0 Å². The molecule has 9 nitrogen and oxygen atoms in total. The molecule has 10 rings (SSSR count). The van der Waals surface area contributed by atoms with Crippen LogP contribution >= 0.6 is 31.9 Å². The molecule has 0 spiro atoms. The minimum atomic E-state index is 0. The topological polar surface area (TPSA) is 101 Å². The molecule has 2 aromatic heterocycles. The molecule has 9 aromatic rings. The number of hydrogen-bond donors (Lipinski definition) is 2. The van der Waals surface area contributed by atoms with Gasteiger partial charge in [0.25, 0.3) is 0 Å². The fourth-order valence-corrected chi connectivity index (χ4v) is 9.15. The molecule has 0 bridgehead atoms. The van der Waals surface area contributed by atoms with Crippen molar-refractivity contribution in [2.24, 2.45) is 0 Å². The van der Waals surface area contributed by atoms with Gasteiger partial charge in [-0.1, -0.05) is 105 Å². The zero-order valence-electron chi connectivity index (χ0n) is 42.0. The zero-order chi connectivity index (χ0) is 50.4. The molecule has 390 valence electrons. The number of nitrogen functional groups attached to an aromatic ring is 1. The molecule has 1 aliphatic rings. The van der Waals surface area contributed by atoms with Crippen LogP contribution in [-0.2, 0) is 5.41 Å². The molecule has 1 saturated carbocycles. The van der Waals surface area contributed by atoms with Gasteiger partial charge in [0.05, 0.1) is 51.8 Å². The van der Waals surface area contributed by atoms with Gasteiger partial charge < -0.3 is 25.3 Å². The number of anilines is 3. The molecule has 7 aromatic carbocycles. The second kappa shape index (κ2) is 25.6. The lowest BCUT2D eigenvalue weighted by atomic mass is 9.86. The molecule has 2 heterocycles. The maximum absolute atomic E-state index is 5.95. The second-order valence-corrected chi connectivity index (χ2v) is 21.6. The molecule has 0 amide bonds. The number of nitrogens with one attached hydrogen (secondary N) is 1. The number of nitrogens with zero attached hydrogens (tertiary/aromatic N) is 4. The predicted octanol–water partition coefficient (Wildman–Crippen LogP) is 18.4. The summed E-state index contributed by atoms with van der Waals surface area (Å²) in [4.78, 5) is 9.13. The molecule has 0 saturated heterocycles. The van der Waals surface area contributed by atoms with E-state index in [1.54, 1.807) is 0 Å². The van der Waals surface area contributed by atoms with E-state index in [1.807, 2.05) is 145 Å². The van der Waals surface area contributed by atoms with Crippen LogP contribution in [0, 0.1) is 0 Å². The molecule has 1 fully saturated rings. The minimum Gasteiger partial charge on any atom is -0.491 e. The summed E-state index contributed by atoms with van der Waals surface area (Å²) in [5, 5.41) is 3.28. The number of ether oxygens (including phenoxy) is 3. The minimum absolute atomic E-state index is 0. The van der Waals surface area contributed by atoms with Gasteiger partial charge in [0.1, 0.15) is 29.9 Å². The maximum Gasteiger partial charge on any atom is 0.119 e. The predicted molar refractivity (Wildman–Crippen MR) is 321 cm³/mol. The van der Waals surface area contributed by atoms with E-state index in [2.05, 4.69) is 133 Å². The lowest BCUT2D eigenvalue weighted by Crippen LogP contribution is -2.10. The van der Waals surface area contributed by atoms with Gasteiger partial charge in [0.2, 0.25) is 0 Å². The Morgan fingerprint density at radius 2 is 0.946 bits per heavy atom. The maximum atomic E-state index is 5.95. The summed E-state index contributed by atoms with van der Waals surface area (Å²) in [5.41, 5.74) is 19.4. The van der Waals surface area contributed by atoms with Crippen molar-refractivity contribution < 1.29 is 14.2 Å². The van der Waals surface area contributed by atoms with Crippen molar-refractivity contribution in [2.75, 3.05) is 11.1 Å². The lowest BCUT2D eigenvalue weighted by molar-refractivity contribution is 0.242. The summed E-state index contributed by atoms with van der Waals surface area (Å²) in [7, 11) is 0. The number of nitrogens with two attached hydrogens (primary N) is 1. The summed E-state index contributed by atoms with van der Waals surface area (Å²) in [6, 6.07) is 52.0. The first kappa shape index (κ1) is 58.3. The third-order valence-electron chi connectivity index (χ3n) is 12.0. The molecular formula is C63H76Br2N6O3. The monoisotopic (exact) mass is 1120 g/mol. The van der Waals surface area contributed by atoms with Gasteiger partial charge in [0.15, 0.2) is 0 Å². The smallest absolute Gasteiger partial charge is 0.119 e. The van der Waals surface area contributed by atoms with Gasteiger partial charge in [-0.3, -0.25) is 9.13 Å².